The van der Waals surface area contributed by atoms with Crippen LogP contribution in [0.3, 0.4) is 0 Å². The second-order valence-electron chi connectivity index (χ2n) is 4.19. The van der Waals surface area contributed by atoms with Gasteiger partial charge in [0.2, 0.25) is 0 Å². The summed E-state index contributed by atoms with van der Waals surface area (Å²) in [5, 5.41) is 4.75. The summed E-state index contributed by atoms with van der Waals surface area (Å²) in [6.45, 7) is 3.27. The molecule has 0 aliphatic carbocycles. The van der Waals surface area contributed by atoms with Crippen molar-refractivity contribution in [2.75, 3.05) is 18.5 Å². The zero-order valence-corrected chi connectivity index (χ0v) is 12.1. The minimum Gasteiger partial charge on any atom is -0.492 e. The Bertz CT molecular complexity index is 540. The molecule has 0 saturated heterocycles. The first-order chi connectivity index (χ1) is 9.15. The molecule has 0 aliphatic rings. The topological polar surface area (TPSA) is 21.3 Å². The van der Waals surface area contributed by atoms with Gasteiger partial charge in [-0.25, -0.2) is 0 Å². The van der Waals surface area contributed by atoms with Crippen molar-refractivity contribution < 1.29 is 4.74 Å². The van der Waals surface area contributed by atoms with Crippen molar-refractivity contribution in [1.29, 1.82) is 0 Å². The van der Waals surface area contributed by atoms with Crippen molar-refractivity contribution in [2.45, 2.75) is 6.92 Å². The van der Waals surface area contributed by atoms with Gasteiger partial charge in [0.15, 0.2) is 0 Å². The fraction of sp³-hybridized carbons (Fsp3) is 0.200. The van der Waals surface area contributed by atoms with E-state index in [1.807, 2.05) is 49.4 Å². The van der Waals surface area contributed by atoms with E-state index in [4.69, 9.17) is 27.9 Å². The molecule has 0 aromatic heterocycles. The standard InChI is InChI=1S/C15H15Cl2NO/c1-11-10-14(6-7-15(11)17)19-9-8-18-13-4-2-12(16)3-5-13/h2-7,10,18H,8-9H2,1H3. The number of anilines is 1. The Kier molecular flexibility index (Phi) is 4.94. The molecule has 0 amide bonds. The normalized spacial score (nSPS) is 10.3. The highest BCUT2D eigenvalue weighted by molar-refractivity contribution is 6.31. The van der Waals surface area contributed by atoms with Crippen LogP contribution >= 0.6 is 23.2 Å². The number of hydrogen-bond donors (Lipinski definition) is 1. The molecule has 19 heavy (non-hydrogen) atoms. The van der Waals surface area contributed by atoms with Crippen molar-refractivity contribution in [1.82, 2.24) is 0 Å². The predicted molar refractivity (Wildman–Crippen MR) is 81.6 cm³/mol. The molecule has 4 heteroatoms. The third-order valence-electron chi connectivity index (χ3n) is 2.67. The van der Waals surface area contributed by atoms with Crippen LogP contribution in [0.2, 0.25) is 10.0 Å². The molecule has 0 spiro atoms. The maximum absolute atomic E-state index is 5.96. The van der Waals surface area contributed by atoms with Crippen LogP contribution in [0.5, 0.6) is 5.75 Å². The van der Waals surface area contributed by atoms with Crippen LogP contribution in [-0.2, 0) is 0 Å². The lowest BCUT2D eigenvalue weighted by molar-refractivity contribution is 0.332. The number of ether oxygens (including phenoxy) is 1. The number of benzene rings is 2. The molecule has 0 aliphatic heterocycles. The molecule has 0 radical (unpaired) electrons. The Morgan fingerprint density at radius 2 is 1.79 bits per heavy atom. The Hall–Kier alpha value is -1.38. The quantitative estimate of drug-likeness (QED) is 0.801. The van der Waals surface area contributed by atoms with E-state index in [1.54, 1.807) is 0 Å². The van der Waals surface area contributed by atoms with Crippen LogP contribution < -0.4 is 10.1 Å². The number of nitrogens with one attached hydrogen (secondary N) is 1. The van der Waals surface area contributed by atoms with E-state index in [9.17, 15) is 0 Å². The second-order valence-corrected chi connectivity index (χ2v) is 5.04. The van der Waals surface area contributed by atoms with Gasteiger partial charge in [-0.05, 0) is 55.0 Å². The van der Waals surface area contributed by atoms with Crippen molar-refractivity contribution in [3.05, 3.63) is 58.1 Å². The predicted octanol–water partition coefficient (Wildman–Crippen LogP) is 4.79. The molecule has 0 bridgehead atoms. The van der Waals surface area contributed by atoms with Crippen LogP contribution in [0.1, 0.15) is 5.56 Å². The van der Waals surface area contributed by atoms with Gasteiger partial charge >= 0.3 is 0 Å². The number of hydrogen-bond acceptors (Lipinski definition) is 2. The molecular formula is C15H15Cl2NO. The molecular weight excluding hydrogens is 281 g/mol. The monoisotopic (exact) mass is 295 g/mol. The number of aryl methyl sites for hydroxylation is 1. The largest absolute Gasteiger partial charge is 0.492 e. The molecule has 0 unspecified atom stereocenters. The zero-order valence-electron chi connectivity index (χ0n) is 10.6. The smallest absolute Gasteiger partial charge is 0.119 e. The van der Waals surface area contributed by atoms with E-state index in [0.717, 1.165) is 33.6 Å². The molecule has 2 nitrogen and oxygen atoms in total. The first-order valence-corrected chi connectivity index (χ1v) is 6.79. The van der Waals surface area contributed by atoms with E-state index in [-0.39, 0.29) is 0 Å². The Morgan fingerprint density at radius 1 is 1.05 bits per heavy atom. The van der Waals surface area contributed by atoms with Gasteiger partial charge in [0, 0.05) is 22.3 Å². The Balaban J connectivity index is 1.77. The molecule has 0 saturated carbocycles. The van der Waals surface area contributed by atoms with Crippen molar-refractivity contribution in [3.8, 4) is 5.75 Å². The Morgan fingerprint density at radius 3 is 2.47 bits per heavy atom. The van der Waals surface area contributed by atoms with Crippen molar-refractivity contribution in [2.24, 2.45) is 0 Å². The van der Waals surface area contributed by atoms with E-state index in [2.05, 4.69) is 5.32 Å². The highest BCUT2D eigenvalue weighted by Gasteiger charge is 1.98. The number of halogens is 2. The summed E-state index contributed by atoms with van der Waals surface area (Å²) in [6, 6.07) is 13.2. The maximum atomic E-state index is 5.96. The molecule has 2 aromatic rings. The first kappa shape index (κ1) is 14.0. The van der Waals surface area contributed by atoms with Crippen LogP contribution in [0.25, 0.3) is 0 Å². The molecule has 2 aromatic carbocycles. The molecule has 0 heterocycles. The average Bonchev–Trinajstić information content (AvgIpc) is 2.41. The van der Waals surface area contributed by atoms with Gasteiger partial charge in [0.05, 0.1) is 0 Å². The van der Waals surface area contributed by atoms with Crippen molar-refractivity contribution in [3.63, 3.8) is 0 Å². The van der Waals surface area contributed by atoms with Gasteiger partial charge in [0.25, 0.3) is 0 Å². The van der Waals surface area contributed by atoms with Crippen LogP contribution in [0.15, 0.2) is 42.5 Å². The summed E-state index contributed by atoms with van der Waals surface area (Å²) in [5.41, 5.74) is 2.05. The van der Waals surface area contributed by atoms with Gasteiger partial charge in [-0.1, -0.05) is 23.2 Å². The molecule has 100 valence electrons. The summed E-state index contributed by atoms with van der Waals surface area (Å²) >= 11 is 11.8. The van der Waals surface area contributed by atoms with Gasteiger partial charge in [-0.2, -0.15) is 0 Å². The fourth-order valence-corrected chi connectivity index (χ4v) is 1.88. The van der Waals surface area contributed by atoms with Crippen LogP contribution in [0, 0.1) is 6.92 Å². The molecule has 0 atom stereocenters. The van der Waals surface area contributed by atoms with Crippen LogP contribution in [-0.4, -0.2) is 13.2 Å². The molecule has 1 N–H and O–H groups in total. The van der Waals surface area contributed by atoms with E-state index >= 15 is 0 Å². The lowest BCUT2D eigenvalue weighted by Gasteiger charge is -2.09. The second kappa shape index (κ2) is 6.69. The molecule has 2 rings (SSSR count). The summed E-state index contributed by atoms with van der Waals surface area (Å²) in [6.07, 6.45) is 0. The SMILES string of the molecule is Cc1cc(OCCNc2ccc(Cl)cc2)ccc1Cl. The lowest BCUT2D eigenvalue weighted by Crippen LogP contribution is -2.11. The van der Waals surface area contributed by atoms with E-state index < -0.39 is 0 Å². The van der Waals surface area contributed by atoms with E-state index in [0.29, 0.717) is 6.61 Å². The third kappa shape index (κ3) is 4.34. The average molecular weight is 296 g/mol. The fourth-order valence-electron chi connectivity index (χ4n) is 1.64. The highest BCUT2D eigenvalue weighted by Crippen LogP contribution is 2.21. The Labute approximate surface area is 123 Å². The van der Waals surface area contributed by atoms with Crippen LogP contribution in [0.4, 0.5) is 5.69 Å². The van der Waals surface area contributed by atoms with Gasteiger partial charge in [-0.3, -0.25) is 0 Å². The van der Waals surface area contributed by atoms with Gasteiger partial charge in [0.1, 0.15) is 12.4 Å². The highest BCUT2D eigenvalue weighted by atomic mass is 35.5. The summed E-state index contributed by atoms with van der Waals surface area (Å²) < 4.78 is 5.64. The maximum Gasteiger partial charge on any atom is 0.119 e. The van der Waals surface area contributed by atoms with Gasteiger partial charge < -0.3 is 10.1 Å². The lowest BCUT2D eigenvalue weighted by atomic mass is 10.2. The first-order valence-electron chi connectivity index (χ1n) is 6.03. The minimum absolute atomic E-state index is 0.587. The third-order valence-corrected chi connectivity index (χ3v) is 3.35. The summed E-state index contributed by atoms with van der Waals surface area (Å²) in [7, 11) is 0. The summed E-state index contributed by atoms with van der Waals surface area (Å²) in [4.78, 5) is 0. The van der Waals surface area contributed by atoms with E-state index in [1.165, 1.54) is 0 Å². The van der Waals surface area contributed by atoms with Crippen molar-refractivity contribution >= 4 is 28.9 Å². The number of rotatable bonds is 5. The minimum atomic E-state index is 0.587. The molecule has 0 fully saturated rings. The van der Waals surface area contributed by atoms with Gasteiger partial charge in [-0.15, -0.1) is 0 Å². The summed E-state index contributed by atoms with van der Waals surface area (Å²) in [5.74, 6) is 0.833. The zero-order chi connectivity index (χ0) is 13.7.